The number of carbonyl (C=O) groups excluding carboxylic acids is 3. The SMILES string of the molecule is CCOc1cc(/C=C2/SC(=O)N(CC(=O)Nc3ccccc3Cl)C2=O)c(Br)cc1OCc1ccccc1F. The van der Waals surface area contributed by atoms with Crippen LogP contribution in [0.15, 0.2) is 70.0 Å². The smallest absolute Gasteiger partial charge is 0.294 e. The van der Waals surface area contributed by atoms with Gasteiger partial charge < -0.3 is 14.8 Å². The minimum Gasteiger partial charge on any atom is -0.490 e. The third-order valence-electron chi connectivity index (χ3n) is 5.31. The largest absolute Gasteiger partial charge is 0.490 e. The fourth-order valence-electron chi connectivity index (χ4n) is 3.49. The van der Waals surface area contributed by atoms with E-state index in [1.165, 1.54) is 12.1 Å². The van der Waals surface area contributed by atoms with Crippen LogP contribution >= 0.6 is 39.3 Å². The van der Waals surface area contributed by atoms with Gasteiger partial charge in [-0.25, -0.2) is 4.39 Å². The molecule has 0 aromatic heterocycles. The predicted molar refractivity (Wildman–Crippen MR) is 149 cm³/mol. The molecular weight excluding hydrogens is 599 g/mol. The molecule has 1 aliphatic heterocycles. The lowest BCUT2D eigenvalue weighted by Gasteiger charge is -2.15. The quantitative estimate of drug-likeness (QED) is 0.263. The van der Waals surface area contributed by atoms with E-state index in [0.717, 1.165) is 16.7 Å². The van der Waals surface area contributed by atoms with Crippen molar-refractivity contribution < 1.29 is 28.2 Å². The highest BCUT2D eigenvalue weighted by Crippen LogP contribution is 2.38. The maximum absolute atomic E-state index is 14.0. The second kappa shape index (κ2) is 12.5. The van der Waals surface area contributed by atoms with Gasteiger partial charge in [0.05, 0.1) is 22.2 Å². The first kappa shape index (κ1) is 27.7. The van der Waals surface area contributed by atoms with Gasteiger partial charge in [-0.05, 0) is 60.7 Å². The van der Waals surface area contributed by atoms with Gasteiger partial charge in [-0.3, -0.25) is 19.3 Å². The second-order valence-electron chi connectivity index (χ2n) is 7.93. The fraction of sp³-hybridized carbons (Fsp3) is 0.148. The first-order valence-electron chi connectivity index (χ1n) is 11.4. The molecule has 0 bridgehead atoms. The molecule has 0 aliphatic carbocycles. The Hall–Kier alpha value is -3.34. The van der Waals surface area contributed by atoms with Crippen molar-refractivity contribution in [1.82, 2.24) is 4.90 Å². The molecule has 4 rings (SSSR count). The molecular formula is C27H21BrClFN2O5S. The maximum atomic E-state index is 14.0. The van der Waals surface area contributed by atoms with Crippen LogP contribution in [0, 0.1) is 5.82 Å². The van der Waals surface area contributed by atoms with Crippen LogP contribution in [-0.4, -0.2) is 35.1 Å². The zero-order chi connectivity index (χ0) is 27.2. The molecule has 0 atom stereocenters. The van der Waals surface area contributed by atoms with E-state index in [-0.39, 0.29) is 17.3 Å². The maximum Gasteiger partial charge on any atom is 0.294 e. The van der Waals surface area contributed by atoms with E-state index < -0.39 is 23.6 Å². The van der Waals surface area contributed by atoms with Crippen molar-refractivity contribution >= 4 is 68.1 Å². The van der Waals surface area contributed by atoms with Gasteiger partial charge in [-0.15, -0.1) is 0 Å². The highest BCUT2D eigenvalue weighted by atomic mass is 79.9. The first-order chi connectivity index (χ1) is 18.3. The van der Waals surface area contributed by atoms with Gasteiger partial charge in [0.15, 0.2) is 11.5 Å². The minimum absolute atomic E-state index is 0.00627. The zero-order valence-electron chi connectivity index (χ0n) is 20.0. The number of thioether (sulfide) groups is 1. The molecule has 3 amide bonds. The lowest BCUT2D eigenvalue weighted by Crippen LogP contribution is -2.36. The molecule has 3 aromatic carbocycles. The number of hydrogen-bond donors (Lipinski definition) is 1. The van der Waals surface area contributed by atoms with Gasteiger partial charge in [0.1, 0.15) is 19.0 Å². The molecule has 0 spiro atoms. The molecule has 1 aliphatic rings. The second-order valence-corrected chi connectivity index (χ2v) is 10.2. The molecule has 1 saturated heterocycles. The van der Waals surface area contributed by atoms with Crippen LogP contribution in [0.1, 0.15) is 18.1 Å². The Morgan fingerprint density at radius 2 is 1.82 bits per heavy atom. The third-order valence-corrected chi connectivity index (χ3v) is 7.24. The predicted octanol–water partition coefficient (Wildman–Crippen LogP) is 6.89. The first-order valence-corrected chi connectivity index (χ1v) is 13.4. The van der Waals surface area contributed by atoms with Crippen LogP contribution in [0.4, 0.5) is 14.9 Å². The van der Waals surface area contributed by atoms with Gasteiger partial charge >= 0.3 is 0 Å². The summed E-state index contributed by atoms with van der Waals surface area (Å²) in [6, 6.07) is 16.3. The van der Waals surface area contributed by atoms with E-state index >= 15 is 0 Å². The van der Waals surface area contributed by atoms with Crippen LogP contribution in [0.5, 0.6) is 11.5 Å². The lowest BCUT2D eigenvalue weighted by atomic mass is 10.1. The van der Waals surface area contributed by atoms with Gasteiger partial charge in [0.25, 0.3) is 11.1 Å². The van der Waals surface area contributed by atoms with E-state index in [2.05, 4.69) is 21.2 Å². The molecule has 3 aromatic rings. The van der Waals surface area contributed by atoms with Crippen molar-refractivity contribution in [2.45, 2.75) is 13.5 Å². The molecule has 0 radical (unpaired) electrons. The standard InChI is InChI=1S/C27H21BrClFN2O5S/c1-2-36-22-11-17(18(28)13-23(22)37-15-16-7-3-5-9-20(16)30)12-24-26(34)32(27(35)38-24)14-25(33)31-21-10-6-4-8-19(21)29/h3-13H,2,14-15H2,1H3,(H,31,33)/b24-12+. The Balaban J connectivity index is 1.50. The van der Waals surface area contributed by atoms with Crippen LogP contribution < -0.4 is 14.8 Å². The summed E-state index contributed by atoms with van der Waals surface area (Å²) in [6.07, 6.45) is 1.53. The number of imide groups is 1. The Morgan fingerprint density at radius 1 is 1.11 bits per heavy atom. The molecule has 0 unspecified atom stereocenters. The Bertz CT molecular complexity index is 1430. The zero-order valence-corrected chi connectivity index (χ0v) is 23.2. The van der Waals surface area contributed by atoms with E-state index in [1.54, 1.807) is 61.5 Å². The summed E-state index contributed by atoms with van der Waals surface area (Å²) >= 11 is 10.3. The fourth-order valence-corrected chi connectivity index (χ4v) is 4.94. The van der Waals surface area contributed by atoms with Crippen LogP contribution in [0.25, 0.3) is 6.08 Å². The van der Waals surface area contributed by atoms with Crippen molar-refractivity contribution in [1.29, 1.82) is 0 Å². The van der Waals surface area contributed by atoms with E-state index in [9.17, 15) is 18.8 Å². The number of nitrogens with one attached hydrogen (secondary N) is 1. The number of amides is 3. The third kappa shape index (κ3) is 6.56. The summed E-state index contributed by atoms with van der Waals surface area (Å²) in [7, 11) is 0. The number of benzene rings is 3. The van der Waals surface area contributed by atoms with Crippen LogP contribution in [0.2, 0.25) is 5.02 Å². The number of rotatable bonds is 9. The van der Waals surface area contributed by atoms with Crippen molar-refractivity contribution in [2.75, 3.05) is 18.5 Å². The summed E-state index contributed by atoms with van der Waals surface area (Å²) in [5.74, 6) is -0.769. The summed E-state index contributed by atoms with van der Waals surface area (Å²) < 4.78 is 26.1. The molecule has 7 nitrogen and oxygen atoms in total. The number of nitrogens with zero attached hydrogens (tertiary/aromatic N) is 1. The van der Waals surface area contributed by atoms with Crippen LogP contribution in [0.3, 0.4) is 0 Å². The van der Waals surface area contributed by atoms with Gasteiger partial charge in [0.2, 0.25) is 5.91 Å². The monoisotopic (exact) mass is 618 g/mol. The minimum atomic E-state index is -0.598. The average molecular weight is 620 g/mol. The van der Waals surface area contributed by atoms with Crippen molar-refractivity contribution in [3.8, 4) is 11.5 Å². The number of carbonyl (C=O) groups is 3. The molecule has 11 heteroatoms. The molecule has 0 saturated carbocycles. The summed E-state index contributed by atoms with van der Waals surface area (Å²) in [5.41, 5.74) is 1.33. The summed E-state index contributed by atoms with van der Waals surface area (Å²) in [6.45, 7) is 1.69. The van der Waals surface area contributed by atoms with Gasteiger partial charge in [-0.2, -0.15) is 0 Å². The molecule has 38 heavy (non-hydrogen) atoms. The summed E-state index contributed by atoms with van der Waals surface area (Å²) in [4.78, 5) is 39.0. The number of hydrogen-bond acceptors (Lipinski definition) is 6. The number of anilines is 1. The molecule has 1 heterocycles. The highest BCUT2D eigenvalue weighted by Gasteiger charge is 2.36. The normalized spacial score (nSPS) is 14.2. The lowest BCUT2D eigenvalue weighted by molar-refractivity contribution is -0.127. The number of halogens is 3. The van der Waals surface area contributed by atoms with E-state index in [0.29, 0.717) is 44.4 Å². The van der Waals surface area contributed by atoms with E-state index in [4.69, 9.17) is 21.1 Å². The van der Waals surface area contributed by atoms with Gasteiger partial charge in [-0.1, -0.05) is 57.9 Å². The van der Waals surface area contributed by atoms with E-state index in [1.807, 2.05) is 0 Å². The van der Waals surface area contributed by atoms with Crippen LogP contribution in [-0.2, 0) is 16.2 Å². The highest BCUT2D eigenvalue weighted by molar-refractivity contribution is 9.10. The molecule has 1 N–H and O–H groups in total. The molecule has 1 fully saturated rings. The summed E-state index contributed by atoms with van der Waals surface area (Å²) in [5, 5.41) is 2.37. The average Bonchev–Trinajstić information content (AvgIpc) is 3.14. The number of para-hydroxylation sites is 1. The number of ether oxygens (including phenoxy) is 2. The van der Waals surface area contributed by atoms with Gasteiger partial charge in [0, 0.05) is 10.0 Å². The Morgan fingerprint density at radius 3 is 2.55 bits per heavy atom. The van der Waals surface area contributed by atoms with Crippen molar-refractivity contribution in [3.05, 3.63) is 92.0 Å². The Kier molecular flexibility index (Phi) is 9.09. The van der Waals surface area contributed by atoms with Crippen molar-refractivity contribution in [3.63, 3.8) is 0 Å². The Labute approximate surface area is 236 Å². The van der Waals surface area contributed by atoms with Crippen molar-refractivity contribution in [2.24, 2.45) is 0 Å². The molecule has 196 valence electrons. The topological polar surface area (TPSA) is 84.9 Å².